The zero-order chi connectivity index (χ0) is 16.9. The van der Waals surface area contributed by atoms with Crippen molar-refractivity contribution >= 4 is 16.0 Å². The van der Waals surface area contributed by atoms with E-state index in [9.17, 15) is 22.7 Å². The monoisotopic (exact) mass is 333 g/mol. The second-order valence-electron chi connectivity index (χ2n) is 5.00. The second-order valence-corrected chi connectivity index (χ2v) is 6.71. The van der Waals surface area contributed by atoms with Crippen LogP contribution in [0, 0.1) is 11.7 Å². The molecule has 22 heavy (non-hydrogen) atoms. The molecule has 1 aromatic rings. The van der Waals surface area contributed by atoms with Crippen molar-refractivity contribution in [1.29, 1.82) is 0 Å². The van der Waals surface area contributed by atoms with E-state index in [2.05, 4.69) is 4.72 Å². The van der Waals surface area contributed by atoms with E-state index in [1.165, 1.54) is 13.2 Å². The zero-order valence-electron chi connectivity index (χ0n) is 12.7. The van der Waals surface area contributed by atoms with Gasteiger partial charge in [-0.1, -0.05) is 20.3 Å². The molecule has 0 fully saturated rings. The number of ether oxygens (including phenoxy) is 1. The number of hydrogen-bond acceptors (Lipinski definition) is 4. The Morgan fingerprint density at radius 1 is 1.45 bits per heavy atom. The smallest absolute Gasteiger partial charge is 0.322 e. The SMILES string of the molecule is CCC[C@H](C)[C@@H](NS(=O)(=O)c1ccc(OC)c(F)c1)C(=O)O. The molecule has 0 heterocycles. The van der Waals surface area contributed by atoms with Crippen LogP contribution in [-0.2, 0) is 14.8 Å². The molecular weight excluding hydrogens is 313 g/mol. The lowest BCUT2D eigenvalue weighted by molar-refractivity contribution is -0.140. The molecule has 0 amide bonds. The number of halogens is 1. The quantitative estimate of drug-likeness (QED) is 0.759. The van der Waals surface area contributed by atoms with E-state index in [4.69, 9.17) is 4.74 Å². The maximum absolute atomic E-state index is 13.6. The Morgan fingerprint density at radius 3 is 2.55 bits per heavy atom. The van der Waals surface area contributed by atoms with E-state index >= 15 is 0 Å². The molecule has 0 aliphatic carbocycles. The van der Waals surface area contributed by atoms with Gasteiger partial charge < -0.3 is 9.84 Å². The van der Waals surface area contributed by atoms with Crippen LogP contribution in [0.5, 0.6) is 5.75 Å². The van der Waals surface area contributed by atoms with E-state index < -0.39 is 27.9 Å². The summed E-state index contributed by atoms with van der Waals surface area (Å²) < 4.78 is 44.9. The second kappa shape index (κ2) is 7.55. The van der Waals surface area contributed by atoms with Crippen molar-refractivity contribution in [3.8, 4) is 5.75 Å². The maximum atomic E-state index is 13.6. The van der Waals surface area contributed by atoms with E-state index in [1.807, 2.05) is 6.92 Å². The number of nitrogens with one attached hydrogen (secondary N) is 1. The van der Waals surface area contributed by atoms with E-state index in [0.29, 0.717) is 6.42 Å². The van der Waals surface area contributed by atoms with E-state index in [1.54, 1.807) is 6.92 Å². The van der Waals surface area contributed by atoms with Crippen LogP contribution >= 0.6 is 0 Å². The van der Waals surface area contributed by atoms with Crippen LogP contribution in [0.2, 0.25) is 0 Å². The standard InChI is InChI=1S/C14H20FNO5S/c1-4-5-9(2)13(14(17)18)16-22(19,20)10-6-7-12(21-3)11(15)8-10/h6-9,13,16H,4-5H2,1-3H3,(H,17,18)/t9-,13+/m0/s1. The van der Waals surface area contributed by atoms with Gasteiger partial charge in [0.25, 0.3) is 0 Å². The topological polar surface area (TPSA) is 92.7 Å². The van der Waals surface area contributed by atoms with Crippen LogP contribution in [-0.4, -0.2) is 32.6 Å². The van der Waals surface area contributed by atoms with Crippen LogP contribution in [0.4, 0.5) is 4.39 Å². The summed E-state index contributed by atoms with van der Waals surface area (Å²) in [5, 5.41) is 9.20. The van der Waals surface area contributed by atoms with Gasteiger partial charge in [-0.05, 0) is 30.5 Å². The predicted octanol–water partition coefficient (Wildman–Crippen LogP) is 2.00. The normalized spacial score (nSPS) is 14.4. The molecule has 8 heteroatoms. The molecule has 0 aliphatic heterocycles. The molecule has 0 saturated heterocycles. The number of sulfonamides is 1. The molecule has 0 spiro atoms. The number of carboxylic acid groups (broad SMARTS) is 1. The molecule has 1 aromatic carbocycles. The Morgan fingerprint density at radius 2 is 2.09 bits per heavy atom. The van der Waals surface area contributed by atoms with Crippen LogP contribution in [0.25, 0.3) is 0 Å². The van der Waals surface area contributed by atoms with Crippen LogP contribution in [0.15, 0.2) is 23.1 Å². The minimum absolute atomic E-state index is 0.0897. The molecule has 0 radical (unpaired) electrons. The first-order valence-corrected chi connectivity index (χ1v) is 8.30. The van der Waals surface area contributed by atoms with E-state index in [-0.39, 0.29) is 16.6 Å². The van der Waals surface area contributed by atoms with Crippen molar-refractivity contribution in [2.24, 2.45) is 5.92 Å². The van der Waals surface area contributed by atoms with Gasteiger partial charge in [-0.15, -0.1) is 0 Å². The van der Waals surface area contributed by atoms with Crippen molar-refractivity contribution in [1.82, 2.24) is 4.72 Å². The molecule has 1 rings (SSSR count). The zero-order valence-corrected chi connectivity index (χ0v) is 13.5. The van der Waals surface area contributed by atoms with Gasteiger partial charge in [-0.3, -0.25) is 4.79 Å². The fraction of sp³-hybridized carbons (Fsp3) is 0.500. The minimum atomic E-state index is -4.14. The number of benzene rings is 1. The molecule has 124 valence electrons. The highest BCUT2D eigenvalue weighted by molar-refractivity contribution is 7.89. The third-order valence-electron chi connectivity index (χ3n) is 3.29. The average Bonchev–Trinajstić information content (AvgIpc) is 2.44. The largest absolute Gasteiger partial charge is 0.494 e. The van der Waals surface area contributed by atoms with Crippen molar-refractivity contribution in [3.63, 3.8) is 0 Å². The number of aliphatic carboxylic acids is 1. The summed E-state index contributed by atoms with van der Waals surface area (Å²) in [6.07, 6.45) is 1.28. The lowest BCUT2D eigenvalue weighted by Gasteiger charge is -2.21. The van der Waals surface area contributed by atoms with Gasteiger partial charge in [0.1, 0.15) is 6.04 Å². The van der Waals surface area contributed by atoms with E-state index in [0.717, 1.165) is 18.6 Å². The molecule has 0 aliphatic rings. The first kappa shape index (κ1) is 18.4. The van der Waals surface area contributed by atoms with Crippen molar-refractivity contribution in [3.05, 3.63) is 24.0 Å². The highest BCUT2D eigenvalue weighted by Crippen LogP contribution is 2.21. The predicted molar refractivity (Wildman–Crippen MR) is 78.8 cm³/mol. The summed E-state index contributed by atoms with van der Waals surface area (Å²) >= 11 is 0. The number of rotatable bonds is 8. The lowest BCUT2D eigenvalue weighted by atomic mass is 9.98. The Hall–Kier alpha value is -1.67. The molecular formula is C14H20FNO5S. The van der Waals surface area contributed by atoms with Gasteiger partial charge in [0.05, 0.1) is 12.0 Å². The first-order chi connectivity index (χ1) is 10.2. The van der Waals surface area contributed by atoms with Gasteiger partial charge in [-0.25, -0.2) is 12.8 Å². The fourth-order valence-electron chi connectivity index (χ4n) is 2.08. The highest BCUT2D eigenvalue weighted by Gasteiger charge is 2.30. The van der Waals surface area contributed by atoms with Crippen molar-refractivity contribution in [2.75, 3.05) is 7.11 Å². The first-order valence-electron chi connectivity index (χ1n) is 6.81. The third kappa shape index (κ3) is 4.41. The molecule has 0 aromatic heterocycles. The van der Waals surface area contributed by atoms with Gasteiger partial charge >= 0.3 is 5.97 Å². The summed E-state index contributed by atoms with van der Waals surface area (Å²) in [4.78, 5) is 10.9. The molecule has 0 unspecified atom stereocenters. The minimum Gasteiger partial charge on any atom is -0.494 e. The summed E-state index contributed by atoms with van der Waals surface area (Å²) in [7, 11) is -2.88. The Labute approximate surface area is 129 Å². The molecule has 0 bridgehead atoms. The number of hydrogen-bond donors (Lipinski definition) is 2. The summed E-state index contributed by atoms with van der Waals surface area (Å²) in [6, 6.07) is 1.86. The maximum Gasteiger partial charge on any atom is 0.322 e. The molecule has 0 saturated carbocycles. The number of methoxy groups -OCH3 is 1. The average molecular weight is 333 g/mol. The summed E-state index contributed by atoms with van der Waals surface area (Å²) in [5.74, 6) is -2.58. The third-order valence-corrected chi connectivity index (χ3v) is 4.73. The van der Waals surface area contributed by atoms with Gasteiger partial charge in [0.15, 0.2) is 11.6 Å². The lowest BCUT2D eigenvalue weighted by Crippen LogP contribution is -2.45. The van der Waals surface area contributed by atoms with Gasteiger partial charge in [0, 0.05) is 0 Å². The van der Waals surface area contributed by atoms with Gasteiger partial charge in [-0.2, -0.15) is 4.72 Å². The van der Waals surface area contributed by atoms with Crippen molar-refractivity contribution in [2.45, 2.75) is 37.6 Å². The summed E-state index contributed by atoms with van der Waals surface area (Å²) in [6.45, 7) is 3.53. The molecule has 2 N–H and O–H groups in total. The molecule has 6 nitrogen and oxygen atoms in total. The van der Waals surface area contributed by atoms with Crippen LogP contribution < -0.4 is 9.46 Å². The fourth-order valence-corrected chi connectivity index (χ4v) is 3.39. The summed E-state index contributed by atoms with van der Waals surface area (Å²) in [5.41, 5.74) is 0. The Balaban J connectivity index is 3.07. The number of carbonyl (C=O) groups is 1. The van der Waals surface area contributed by atoms with Crippen LogP contribution in [0.1, 0.15) is 26.7 Å². The van der Waals surface area contributed by atoms with Crippen molar-refractivity contribution < 1.29 is 27.4 Å². The Kier molecular flexibility index (Phi) is 6.31. The highest BCUT2D eigenvalue weighted by atomic mass is 32.2. The van der Waals surface area contributed by atoms with Gasteiger partial charge in [0.2, 0.25) is 10.0 Å². The van der Waals surface area contributed by atoms with Crippen LogP contribution in [0.3, 0.4) is 0 Å². The number of carboxylic acids is 1. The molecule has 2 atom stereocenters. The Bertz CT molecular complexity index is 632.